The first-order chi connectivity index (χ1) is 8.48. The van der Waals surface area contributed by atoms with E-state index in [0.29, 0.717) is 18.8 Å². The molecule has 1 aromatic carbocycles. The second-order valence-electron chi connectivity index (χ2n) is 4.60. The SMILES string of the molecule is Cl.N[C@H](c1cccc(C(F)(F)F)c1)C1CCOCC1. The summed E-state index contributed by atoms with van der Waals surface area (Å²) < 4.78 is 43.1. The summed E-state index contributed by atoms with van der Waals surface area (Å²) in [6, 6.07) is 4.95. The number of rotatable bonds is 2. The molecule has 1 aliphatic heterocycles. The van der Waals surface area contributed by atoms with E-state index in [0.717, 1.165) is 25.0 Å². The van der Waals surface area contributed by atoms with Crippen molar-refractivity contribution in [3.63, 3.8) is 0 Å². The van der Waals surface area contributed by atoms with Gasteiger partial charge in [-0.15, -0.1) is 12.4 Å². The van der Waals surface area contributed by atoms with E-state index in [4.69, 9.17) is 10.5 Å². The maximum Gasteiger partial charge on any atom is 0.416 e. The number of nitrogens with two attached hydrogens (primary N) is 1. The van der Waals surface area contributed by atoms with Gasteiger partial charge in [0, 0.05) is 19.3 Å². The monoisotopic (exact) mass is 295 g/mol. The van der Waals surface area contributed by atoms with Crippen LogP contribution >= 0.6 is 12.4 Å². The van der Waals surface area contributed by atoms with E-state index < -0.39 is 11.7 Å². The summed E-state index contributed by atoms with van der Waals surface area (Å²) >= 11 is 0. The van der Waals surface area contributed by atoms with Gasteiger partial charge < -0.3 is 10.5 Å². The summed E-state index contributed by atoms with van der Waals surface area (Å²) in [4.78, 5) is 0. The van der Waals surface area contributed by atoms with Crippen molar-refractivity contribution in [3.8, 4) is 0 Å². The maximum absolute atomic E-state index is 12.6. The Labute approximate surface area is 116 Å². The molecule has 2 N–H and O–H groups in total. The van der Waals surface area contributed by atoms with Crippen LogP contribution in [0.4, 0.5) is 13.2 Å². The third-order valence-electron chi connectivity index (χ3n) is 3.37. The lowest BCUT2D eigenvalue weighted by Gasteiger charge is -2.28. The molecule has 0 aromatic heterocycles. The van der Waals surface area contributed by atoms with Gasteiger partial charge in [-0.1, -0.05) is 12.1 Å². The van der Waals surface area contributed by atoms with Crippen molar-refractivity contribution in [1.29, 1.82) is 0 Å². The largest absolute Gasteiger partial charge is 0.416 e. The summed E-state index contributed by atoms with van der Waals surface area (Å²) in [5.74, 6) is 0.197. The number of ether oxygens (including phenoxy) is 1. The van der Waals surface area contributed by atoms with Crippen molar-refractivity contribution in [2.45, 2.75) is 25.1 Å². The van der Waals surface area contributed by atoms with Gasteiger partial charge >= 0.3 is 6.18 Å². The van der Waals surface area contributed by atoms with Gasteiger partial charge in [0.25, 0.3) is 0 Å². The van der Waals surface area contributed by atoms with Gasteiger partial charge in [0.05, 0.1) is 5.56 Å². The quantitative estimate of drug-likeness (QED) is 0.905. The highest BCUT2D eigenvalue weighted by Crippen LogP contribution is 2.33. The predicted molar refractivity (Wildman–Crippen MR) is 69.2 cm³/mol. The van der Waals surface area contributed by atoms with Crippen LogP contribution in [0.15, 0.2) is 24.3 Å². The van der Waals surface area contributed by atoms with Gasteiger partial charge in [0.2, 0.25) is 0 Å². The summed E-state index contributed by atoms with van der Waals surface area (Å²) in [6.45, 7) is 1.27. The Bertz CT molecular complexity index is 405. The zero-order chi connectivity index (χ0) is 13.2. The smallest absolute Gasteiger partial charge is 0.381 e. The Kier molecular flexibility index (Phi) is 5.64. The van der Waals surface area contributed by atoms with Crippen LogP contribution in [0.2, 0.25) is 0 Å². The highest BCUT2D eigenvalue weighted by atomic mass is 35.5. The average molecular weight is 296 g/mol. The predicted octanol–water partition coefficient (Wildman–Crippen LogP) is 3.55. The molecule has 0 amide bonds. The van der Waals surface area contributed by atoms with Crippen LogP contribution in [0.25, 0.3) is 0 Å². The van der Waals surface area contributed by atoms with Gasteiger partial charge in [0.15, 0.2) is 0 Å². The molecule has 0 radical (unpaired) electrons. The molecule has 0 saturated carbocycles. The maximum atomic E-state index is 12.6. The zero-order valence-electron chi connectivity index (χ0n) is 10.3. The van der Waals surface area contributed by atoms with Crippen LogP contribution in [0.1, 0.15) is 30.0 Å². The molecule has 2 nitrogen and oxygen atoms in total. The van der Waals surface area contributed by atoms with Gasteiger partial charge in [-0.2, -0.15) is 13.2 Å². The second-order valence-corrected chi connectivity index (χ2v) is 4.60. The normalized spacial score (nSPS) is 18.7. The van der Waals surface area contributed by atoms with Gasteiger partial charge in [-0.05, 0) is 36.5 Å². The zero-order valence-corrected chi connectivity index (χ0v) is 11.1. The molecule has 1 heterocycles. The third-order valence-corrected chi connectivity index (χ3v) is 3.37. The van der Waals surface area contributed by atoms with Gasteiger partial charge in [0.1, 0.15) is 0 Å². The summed E-state index contributed by atoms with van der Waals surface area (Å²) in [5, 5.41) is 0. The average Bonchev–Trinajstić information content (AvgIpc) is 2.38. The number of benzene rings is 1. The Morgan fingerprint density at radius 2 is 1.84 bits per heavy atom. The van der Waals surface area contributed by atoms with E-state index in [1.165, 1.54) is 6.07 Å². The molecule has 1 saturated heterocycles. The fourth-order valence-corrected chi connectivity index (χ4v) is 2.27. The van der Waals surface area contributed by atoms with Crippen molar-refractivity contribution in [2.24, 2.45) is 11.7 Å². The van der Waals surface area contributed by atoms with Gasteiger partial charge in [-0.3, -0.25) is 0 Å². The molecule has 2 rings (SSSR count). The molecule has 19 heavy (non-hydrogen) atoms. The van der Waals surface area contributed by atoms with E-state index in [-0.39, 0.29) is 24.4 Å². The first-order valence-corrected chi connectivity index (χ1v) is 5.99. The molecule has 6 heteroatoms. The minimum Gasteiger partial charge on any atom is -0.381 e. The van der Waals surface area contributed by atoms with E-state index in [9.17, 15) is 13.2 Å². The number of alkyl halides is 3. The van der Waals surface area contributed by atoms with Crippen molar-refractivity contribution in [1.82, 2.24) is 0 Å². The molecule has 1 atom stereocenters. The van der Waals surface area contributed by atoms with Crippen molar-refractivity contribution >= 4 is 12.4 Å². The summed E-state index contributed by atoms with van der Waals surface area (Å²) in [7, 11) is 0. The Morgan fingerprint density at radius 1 is 1.21 bits per heavy atom. The molecule has 0 spiro atoms. The van der Waals surface area contributed by atoms with Crippen LogP contribution in [-0.4, -0.2) is 13.2 Å². The Balaban J connectivity index is 0.00000180. The molecule has 0 unspecified atom stereocenters. The number of hydrogen-bond acceptors (Lipinski definition) is 2. The standard InChI is InChI=1S/C13H16F3NO.ClH/c14-13(15,16)11-3-1-2-10(8-11)12(17)9-4-6-18-7-5-9;/h1-3,8-9,12H,4-7,17H2;1H/t12-;/m0./s1. The molecular formula is C13H17ClF3NO. The molecule has 0 aliphatic carbocycles. The number of halogens is 4. The topological polar surface area (TPSA) is 35.2 Å². The van der Waals surface area contributed by atoms with Crippen molar-refractivity contribution in [2.75, 3.05) is 13.2 Å². The second kappa shape index (κ2) is 6.59. The highest BCUT2D eigenvalue weighted by molar-refractivity contribution is 5.85. The lowest BCUT2D eigenvalue weighted by Crippen LogP contribution is -2.27. The van der Waals surface area contributed by atoms with E-state index >= 15 is 0 Å². The minimum atomic E-state index is -4.31. The Morgan fingerprint density at radius 3 is 2.42 bits per heavy atom. The van der Waals surface area contributed by atoms with Crippen LogP contribution in [0, 0.1) is 5.92 Å². The molecular weight excluding hydrogens is 279 g/mol. The minimum absolute atomic E-state index is 0. The molecule has 1 aliphatic rings. The lowest BCUT2D eigenvalue weighted by atomic mass is 9.87. The van der Waals surface area contributed by atoms with Crippen molar-refractivity contribution < 1.29 is 17.9 Å². The number of hydrogen-bond donors (Lipinski definition) is 1. The molecule has 1 fully saturated rings. The van der Waals surface area contributed by atoms with Crippen LogP contribution < -0.4 is 5.73 Å². The fourth-order valence-electron chi connectivity index (χ4n) is 2.27. The fraction of sp³-hybridized carbons (Fsp3) is 0.538. The van der Waals surface area contributed by atoms with E-state index in [1.807, 2.05) is 0 Å². The third kappa shape index (κ3) is 4.09. The van der Waals surface area contributed by atoms with E-state index in [2.05, 4.69) is 0 Å². The summed E-state index contributed by atoms with van der Waals surface area (Å²) in [6.07, 6.45) is -2.71. The van der Waals surface area contributed by atoms with Gasteiger partial charge in [-0.25, -0.2) is 0 Å². The van der Waals surface area contributed by atoms with Crippen molar-refractivity contribution in [3.05, 3.63) is 35.4 Å². The first-order valence-electron chi connectivity index (χ1n) is 5.99. The van der Waals surface area contributed by atoms with E-state index in [1.54, 1.807) is 6.07 Å². The molecule has 108 valence electrons. The van der Waals surface area contributed by atoms with Crippen LogP contribution in [-0.2, 0) is 10.9 Å². The van der Waals surface area contributed by atoms with Crippen LogP contribution in [0.3, 0.4) is 0 Å². The van der Waals surface area contributed by atoms with Crippen LogP contribution in [0.5, 0.6) is 0 Å². The molecule has 1 aromatic rings. The summed E-state index contributed by atoms with van der Waals surface area (Å²) in [5.41, 5.74) is 5.97. The lowest BCUT2D eigenvalue weighted by molar-refractivity contribution is -0.137. The Hall–Kier alpha value is -0.780. The first kappa shape index (κ1) is 16.3. The highest BCUT2D eigenvalue weighted by Gasteiger charge is 2.31. The molecule has 0 bridgehead atoms.